The van der Waals surface area contributed by atoms with Crippen molar-refractivity contribution in [3.05, 3.63) is 53.1 Å². The summed E-state index contributed by atoms with van der Waals surface area (Å²) in [7, 11) is -3.46. The van der Waals surface area contributed by atoms with Crippen molar-refractivity contribution in [3.63, 3.8) is 0 Å². The van der Waals surface area contributed by atoms with Gasteiger partial charge >= 0.3 is 0 Å². The SMILES string of the molecule is Cc1cc(C)nc(C(C#N)C(=O)CCc2ccc(S(=O)(=O)N3CCCCC3)cc2)n1. The van der Waals surface area contributed by atoms with Crippen molar-refractivity contribution in [2.75, 3.05) is 13.1 Å². The Balaban J connectivity index is 1.65. The Morgan fingerprint density at radius 2 is 1.70 bits per heavy atom. The molecule has 3 rings (SSSR count). The van der Waals surface area contributed by atoms with Crippen LogP contribution in [-0.4, -0.2) is 41.6 Å². The van der Waals surface area contributed by atoms with Gasteiger partial charge in [0.2, 0.25) is 10.0 Å². The molecule has 1 fully saturated rings. The van der Waals surface area contributed by atoms with E-state index in [0.717, 1.165) is 36.2 Å². The zero-order valence-corrected chi connectivity index (χ0v) is 18.2. The summed E-state index contributed by atoms with van der Waals surface area (Å²) in [5, 5.41) is 9.46. The lowest BCUT2D eigenvalue weighted by Gasteiger charge is -2.25. The second-order valence-electron chi connectivity index (χ2n) is 7.65. The number of nitrogens with zero attached hydrogens (tertiary/aromatic N) is 4. The van der Waals surface area contributed by atoms with Gasteiger partial charge < -0.3 is 0 Å². The number of aromatic nitrogens is 2. The highest BCUT2D eigenvalue weighted by Crippen LogP contribution is 2.22. The van der Waals surface area contributed by atoms with Crippen molar-refractivity contribution in [3.8, 4) is 6.07 Å². The second-order valence-corrected chi connectivity index (χ2v) is 9.58. The van der Waals surface area contributed by atoms with Crippen molar-refractivity contribution < 1.29 is 13.2 Å². The van der Waals surface area contributed by atoms with Gasteiger partial charge in [0.15, 0.2) is 17.5 Å². The number of Topliss-reactive ketones (excluding diaryl/α,β-unsaturated/α-hetero) is 1. The lowest BCUT2D eigenvalue weighted by Crippen LogP contribution is -2.35. The first-order valence-electron chi connectivity index (χ1n) is 10.1. The minimum Gasteiger partial charge on any atom is -0.298 e. The van der Waals surface area contributed by atoms with E-state index in [1.165, 1.54) is 4.31 Å². The molecule has 0 N–H and O–H groups in total. The molecule has 30 heavy (non-hydrogen) atoms. The second kappa shape index (κ2) is 9.45. The number of ketones is 1. The number of piperidine rings is 1. The maximum absolute atomic E-state index is 12.7. The zero-order chi connectivity index (χ0) is 21.7. The zero-order valence-electron chi connectivity index (χ0n) is 17.3. The molecule has 1 aliphatic heterocycles. The lowest BCUT2D eigenvalue weighted by atomic mass is 9.98. The molecule has 0 radical (unpaired) electrons. The fourth-order valence-electron chi connectivity index (χ4n) is 3.65. The fourth-order valence-corrected chi connectivity index (χ4v) is 5.17. The minimum absolute atomic E-state index is 0.160. The van der Waals surface area contributed by atoms with Gasteiger partial charge in [-0.05, 0) is 56.9 Å². The fraction of sp³-hybridized carbons (Fsp3) is 0.455. The largest absolute Gasteiger partial charge is 0.298 e. The Hall–Kier alpha value is -2.63. The Morgan fingerprint density at radius 3 is 2.27 bits per heavy atom. The maximum Gasteiger partial charge on any atom is 0.243 e. The van der Waals surface area contributed by atoms with Crippen LogP contribution in [0.15, 0.2) is 35.2 Å². The third kappa shape index (κ3) is 5.10. The van der Waals surface area contributed by atoms with Crippen LogP contribution in [0.25, 0.3) is 0 Å². The van der Waals surface area contributed by atoms with E-state index in [1.807, 2.05) is 6.07 Å². The van der Waals surface area contributed by atoms with Gasteiger partial charge in [0.25, 0.3) is 0 Å². The van der Waals surface area contributed by atoms with E-state index < -0.39 is 15.9 Å². The molecule has 0 bridgehead atoms. The molecule has 7 nitrogen and oxygen atoms in total. The molecule has 0 saturated carbocycles. The maximum atomic E-state index is 12.7. The van der Waals surface area contributed by atoms with E-state index >= 15 is 0 Å². The first kappa shape index (κ1) is 22.1. The molecule has 1 saturated heterocycles. The van der Waals surface area contributed by atoms with Crippen LogP contribution >= 0.6 is 0 Å². The highest BCUT2D eigenvalue weighted by molar-refractivity contribution is 7.89. The average molecular weight is 427 g/mol. The molecule has 0 amide bonds. The number of aryl methyl sites for hydroxylation is 3. The lowest BCUT2D eigenvalue weighted by molar-refractivity contribution is -0.119. The number of nitriles is 1. The van der Waals surface area contributed by atoms with Gasteiger partial charge in [-0.25, -0.2) is 18.4 Å². The summed E-state index contributed by atoms with van der Waals surface area (Å²) in [6.07, 6.45) is 3.43. The highest BCUT2D eigenvalue weighted by Gasteiger charge is 2.26. The van der Waals surface area contributed by atoms with Gasteiger partial charge in [-0.3, -0.25) is 4.79 Å². The minimum atomic E-state index is -3.46. The molecule has 2 aromatic rings. The molecule has 1 aromatic heterocycles. The summed E-state index contributed by atoms with van der Waals surface area (Å²) in [5.41, 5.74) is 2.28. The van der Waals surface area contributed by atoms with Crippen molar-refractivity contribution in [2.24, 2.45) is 0 Å². The van der Waals surface area contributed by atoms with Gasteiger partial charge in [0.1, 0.15) is 0 Å². The van der Waals surface area contributed by atoms with Crippen LogP contribution in [-0.2, 0) is 21.2 Å². The molecular weight excluding hydrogens is 400 g/mol. The normalized spacial score (nSPS) is 16.0. The molecule has 0 aliphatic carbocycles. The van der Waals surface area contributed by atoms with Crippen LogP contribution < -0.4 is 0 Å². The number of carbonyl (C=O) groups is 1. The first-order valence-corrected chi connectivity index (χ1v) is 11.6. The van der Waals surface area contributed by atoms with Crippen LogP contribution in [0.3, 0.4) is 0 Å². The number of hydrogen-bond acceptors (Lipinski definition) is 6. The third-order valence-corrected chi connectivity index (χ3v) is 7.16. The van der Waals surface area contributed by atoms with Gasteiger partial charge in [0.05, 0.1) is 11.0 Å². The summed E-state index contributed by atoms with van der Waals surface area (Å²) in [6, 6.07) is 10.5. The number of sulfonamides is 1. The molecule has 158 valence electrons. The first-order chi connectivity index (χ1) is 14.3. The molecular formula is C22H26N4O3S. The van der Waals surface area contributed by atoms with Gasteiger partial charge in [0, 0.05) is 30.9 Å². The Morgan fingerprint density at radius 1 is 1.10 bits per heavy atom. The van der Waals surface area contributed by atoms with Crippen LogP contribution in [0, 0.1) is 25.2 Å². The Kier molecular flexibility index (Phi) is 6.95. The third-order valence-electron chi connectivity index (χ3n) is 5.25. The summed E-state index contributed by atoms with van der Waals surface area (Å²) in [5.74, 6) is -1.00. The standard InChI is InChI=1S/C22H26N4O3S/c1-16-14-17(2)25-22(24-16)20(15-23)21(27)11-8-18-6-9-19(10-7-18)30(28,29)26-12-4-3-5-13-26/h6-7,9-10,14,20H,3-5,8,11-13H2,1-2H3. The molecule has 1 aliphatic rings. The Bertz CT molecular complexity index is 1030. The van der Waals surface area contributed by atoms with Crippen molar-refractivity contribution in [1.29, 1.82) is 5.26 Å². The van der Waals surface area contributed by atoms with Gasteiger partial charge in [-0.1, -0.05) is 18.6 Å². The smallest absolute Gasteiger partial charge is 0.243 e. The van der Waals surface area contributed by atoms with Crippen molar-refractivity contribution in [1.82, 2.24) is 14.3 Å². The van der Waals surface area contributed by atoms with Gasteiger partial charge in [-0.15, -0.1) is 0 Å². The predicted octanol–water partition coefficient (Wildman–Crippen LogP) is 3.08. The average Bonchev–Trinajstić information content (AvgIpc) is 2.73. The summed E-state index contributed by atoms with van der Waals surface area (Å²) in [6.45, 7) is 4.73. The predicted molar refractivity (Wildman–Crippen MR) is 112 cm³/mol. The molecule has 0 spiro atoms. The number of carbonyl (C=O) groups excluding carboxylic acids is 1. The molecule has 1 atom stereocenters. The number of rotatable bonds is 7. The number of benzene rings is 1. The van der Waals surface area contributed by atoms with Crippen molar-refractivity contribution in [2.45, 2.75) is 56.8 Å². The summed E-state index contributed by atoms with van der Waals surface area (Å²) >= 11 is 0. The van der Waals surface area contributed by atoms with Crippen LogP contribution in [0.1, 0.15) is 54.4 Å². The Labute approximate surface area is 177 Å². The number of hydrogen-bond donors (Lipinski definition) is 0. The van der Waals surface area contributed by atoms with Crippen LogP contribution in [0.2, 0.25) is 0 Å². The van der Waals surface area contributed by atoms with Crippen LogP contribution in [0.5, 0.6) is 0 Å². The molecule has 1 unspecified atom stereocenters. The molecule has 1 aromatic carbocycles. The summed E-state index contributed by atoms with van der Waals surface area (Å²) in [4.78, 5) is 21.4. The van der Waals surface area contributed by atoms with E-state index in [2.05, 4.69) is 9.97 Å². The summed E-state index contributed by atoms with van der Waals surface area (Å²) < 4.78 is 27.0. The van der Waals surface area contributed by atoms with E-state index in [4.69, 9.17) is 0 Å². The van der Waals surface area contributed by atoms with Crippen LogP contribution in [0.4, 0.5) is 0 Å². The quantitative estimate of drug-likeness (QED) is 0.674. The van der Waals surface area contributed by atoms with E-state index in [1.54, 1.807) is 44.2 Å². The topological polar surface area (TPSA) is 104 Å². The molecule has 2 heterocycles. The van der Waals surface area contributed by atoms with Crippen molar-refractivity contribution >= 4 is 15.8 Å². The monoisotopic (exact) mass is 426 g/mol. The van der Waals surface area contributed by atoms with Gasteiger partial charge in [-0.2, -0.15) is 9.57 Å². The van der Waals surface area contributed by atoms with E-state index in [0.29, 0.717) is 19.5 Å². The molecule has 8 heteroatoms. The highest BCUT2D eigenvalue weighted by atomic mass is 32.2. The van der Waals surface area contributed by atoms with E-state index in [9.17, 15) is 18.5 Å². The van der Waals surface area contributed by atoms with E-state index in [-0.39, 0.29) is 22.9 Å².